The maximum absolute atomic E-state index is 12.1. The molecule has 5 heteroatoms. The zero-order valence-corrected chi connectivity index (χ0v) is 11.2. The number of hydrogen-bond donors (Lipinski definition) is 2. The number of carbonyl (C=O) groups is 2. The van der Waals surface area contributed by atoms with Gasteiger partial charge in [-0.1, -0.05) is 19.8 Å². The first-order valence-electron chi connectivity index (χ1n) is 6.67. The molecule has 0 aromatic carbocycles. The normalized spacial score (nSPS) is 18.1. The van der Waals surface area contributed by atoms with Gasteiger partial charge in [0, 0.05) is 6.61 Å². The van der Waals surface area contributed by atoms with E-state index in [1.807, 2.05) is 13.8 Å². The highest BCUT2D eigenvalue weighted by Gasteiger charge is 2.50. The van der Waals surface area contributed by atoms with E-state index in [-0.39, 0.29) is 5.91 Å². The van der Waals surface area contributed by atoms with Crippen molar-refractivity contribution < 1.29 is 19.4 Å². The molecular formula is C13H23NO4. The van der Waals surface area contributed by atoms with E-state index < -0.39 is 17.4 Å². The highest BCUT2D eigenvalue weighted by Crippen LogP contribution is 2.46. The fourth-order valence-electron chi connectivity index (χ4n) is 1.86. The number of nitrogens with one attached hydrogen (secondary N) is 1. The molecular weight excluding hydrogens is 234 g/mol. The molecule has 1 unspecified atom stereocenters. The van der Waals surface area contributed by atoms with Crippen LogP contribution in [0, 0.1) is 5.41 Å². The van der Waals surface area contributed by atoms with E-state index in [2.05, 4.69) is 5.32 Å². The van der Waals surface area contributed by atoms with Crippen molar-refractivity contribution in [2.24, 2.45) is 5.41 Å². The Morgan fingerprint density at radius 1 is 1.39 bits per heavy atom. The zero-order valence-electron chi connectivity index (χ0n) is 11.2. The summed E-state index contributed by atoms with van der Waals surface area (Å²) in [5.41, 5.74) is -0.462. The Labute approximate surface area is 108 Å². The number of aliphatic carboxylic acids is 1. The van der Waals surface area contributed by atoms with Crippen LogP contribution in [0.3, 0.4) is 0 Å². The average Bonchev–Trinajstić information content (AvgIpc) is 3.12. The number of amides is 1. The number of unbranched alkanes of at least 4 members (excludes halogenated alkanes) is 1. The van der Waals surface area contributed by atoms with Crippen LogP contribution >= 0.6 is 0 Å². The van der Waals surface area contributed by atoms with Crippen molar-refractivity contribution in [3.8, 4) is 0 Å². The fourth-order valence-corrected chi connectivity index (χ4v) is 1.86. The molecule has 1 fully saturated rings. The topological polar surface area (TPSA) is 75.6 Å². The summed E-state index contributed by atoms with van der Waals surface area (Å²) >= 11 is 0. The number of rotatable bonds is 9. The van der Waals surface area contributed by atoms with Crippen LogP contribution in [-0.4, -0.2) is 36.2 Å². The predicted octanol–water partition coefficient (Wildman–Crippen LogP) is 1.56. The largest absolute Gasteiger partial charge is 0.480 e. The predicted molar refractivity (Wildman–Crippen MR) is 67.3 cm³/mol. The summed E-state index contributed by atoms with van der Waals surface area (Å²) in [5.74, 6) is -1.12. The van der Waals surface area contributed by atoms with E-state index >= 15 is 0 Å². The number of carboxylic acids is 1. The van der Waals surface area contributed by atoms with Gasteiger partial charge in [-0.15, -0.1) is 0 Å². The van der Waals surface area contributed by atoms with Crippen LogP contribution in [-0.2, 0) is 14.3 Å². The van der Waals surface area contributed by atoms with Crippen molar-refractivity contribution in [2.75, 3.05) is 13.2 Å². The van der Waals surface area contributed by atoms with Crippen molar-refractivity contribution in [3.63, 3.8) is 0 Å². The van der Waals surface area contributed by atoms with E-state index in [1.54, 1.807) is 0 Å². The molecule has 0 aliphatic heterocycles. The fraction of sp³-hybridized carbons (Fsp3) is 0.846. The Morgan fingerprint density at radius 3 is 2.50 bits per heavy atom. The summed E-state index contributed by atoms with van der Waals surface area (Å²) in [5, 5.41) is 11.7. The first-order chi connectivity index (χ1) is 8.55. The Bertz CT molecular complexity index is 299. The summed E-state index contributed by atoms with van der Waals surface area (Å²) in [6.45, 7) is 4.86. The van der Waals surface area contributed by atoms with Gasteiger partial charge in [0.1, 0.15) is 6.04 Å². The standard InChI is InChI=1S/C13H23NO4/c1-3-5-6-10(11(15)16)14-12(17)13(7-8-13)9-18-4-2/h10H,3-9H2,1-2H3,(H,14,17)(H,15,16). The van der Waals surface area contributed by atoms with Crippen LogP contribution in [0.4, 0.5) is 0 Å². The third kappa shape index (κ3) is 3.98. The number of carboxylic acid groups (broad SMARTS) is 1. The van der Waals surface area contributed by atoms with Crippen LogP contribution in [0.5, 0.6) is 0 Å². The van der Waals surface area contributed by atoms with E-state index in [1.165, 1.54) is 0 Å². The van der Waals surface area contributed by atoms with Gasteiger partial charge in [0.15, 0.2) is 0 Å². The lowest BCUT2D eigenvalue weighted by atomic mass is 10.1. The van der Waals surface area contributed by atoms with Crippen molar-refractivity contribution in [3.05, 3.63) is 0 Å². The first-order valence-corrected chi connectivity index (χ1v) is 6.67. The Morgan fingerprint density at radius 2 is 2.06 bits per heavy atom. The summed E-state index contributed by atoms with van der Waals surface area (Å²) in [4.78, 5) is 23.1. The van der Waals surface area contributed by atoms with Crippen LogP contribution in [0.15, 0.2) is 0 Å². The Kier molecular flexibility index (Phi) is 5.59. The van der Waals surface area contributed by atoms with Crippen molar-refractivity contribution in [1.82, 2.24) is 5.32 Å². The van der Waals surface area contributed by atoms with Gasteiger partial charge in [-0.2, -0.15) is 0 Å². The summed E-state index contributed by atoms with van der Waals surface area (Å²) in [6.07, 6.45) is 3.79. The minimum absolute atomic E-state index is 0.167. The highest BCUT2D eigenvalue weighted by molar-refractivity contribution is 5.89. The minimum Gasteiger partial charge on any atom is -0.480 e. The van der Waals surface area contributed by atoms with Crippen molar-refractivity contribution in [1.29, 1.82) is 0 Å². The molecule has 1 rings (SSSR count). The quantitative estimate of drug-likeness (QED) is 0.657. The summed E-state index contributed by atoms with van der Waals surface area (Å²) < 4.78 is 5.30. The van der Waals surface area contributed by atoms with Crippen molar-refractivity contribution in [2.45, 2.75) is 52.0 Å². The second-order valence-corrected chi connectivity index (χ2v) is 4.92. The average molecular weight is 257 g/mol. The number of ether oxygens (including phenoxy) is 1. The SMILES string of the molecule is CCCCC(NC(=O)C1(COCC)CC1)C(=O)O. The molecule has 1 atom stereocenters. The van der Waals surface area contributed by atoms with Gasteiger partial charge in [0.2, 0.25) is 5.91 Å². The molecule has 0 bridgehead atoms. The van der Waals surface area contributed by atoms with Crippen molar-refractivity contribution >= 4 is 11.9 Å². The highest BCUT2D eigenvalue weighted by atomic mass is 16.5. The molecule has 0 aromatic rings. The molecule has 1 saturated carbocycles. The summed E-state index contributed by atoms with van der Waals surface area (Å²) in [6, 6.07) is -0.767. The molecule has 5 nitrogen and oxygen atoms in total. The number of carbonyl (C=O) groups excluding carboxylic acids is 1. The molecule has 0 spiro atoms. The van der Waals surface area contributed by atoms with Gasteiger partial charge in [-0.25, -0.2) is 4.79 Å². The Hall–Kier alpha value is -1.10. The molecule has 18 heavy (non-hydrogen) atoms. The minimum atomic E-state index is -0.955. The van der Waals surface area contributed by atoms with Gasteiger partial charge in [-0.05, 0) is 26.2 Å². The molecule has 104 valence electrons. The van der Waals surface area contributed by atoms with Gasteiger partial charge in [-0.3, -0.25) is 4.79 Å². The van der Waals surface area contributed by atoms with Crippen LogP contribution < -0.4 is 5.32 Å². The smallest absolute Gasteiger partial charge is 0.326 e. The molecule has 1 aliphatic rings. The third-order valence-corrected chi connectivity index (χ3v) is 3.37. The number of hydrogen-bond acceptors (Lipinski definition) is 3. The third-order valence-electron chi connectivity index (χ3n) is 3.37. The van der Waals surface area contributed by atoms with E-state index in [0.717, 1.165) is 25.7 Å². The lowest BCUT2D eigenvalue weighted by Crippen LogP contribution is -2.45. The summed E-state index contributed by atoms with van der Waals surface area (Å²) in [7, 11) is 0. The maximum Gasteiger partial charge on any atom is 0.326 e. The van der Waals surface area contributed by atoms with Gasteiger partial charge < -0.3 is 15.2 Å². The first kappa shape index (κ1) is 15.0. The zero-order chi connectivity index (χ0) is 13.6. The molecule has 0 aromatic heterocycles. The van der Waals surface area contributed by atoms with Crippen LogP contribution in [0.25, 0.3) is 0 Å². The van der Waals surface area contributed by atoms with Gasteiger partial charge in [0.25, 0.3) is 0 Å². The molecule has 2 N–H and O–H groups in total. The molecule has 0 heterocycles. The van der Waals surface area contributed by atoms with Crippen LogP contribution in [0.2, 0.25) is 0 Å². The lowest BCUT2D eigenvalue weighted by Gasteiger charge is -2.19. The molecule has 1 aliphatic carbocycles. The van der Waals surface area contributed by atoms with E-state index in [0.29, 0.717) is 19.6 Å². The van der Waals surface area contributed by atoms with Gasteiger partial charge in [0.05, 0.1) is 12.0 Å². The lowest BCUT2D eigenvalue weighted by molar-refractivity contribution is -0.143. The second kappa shape index (κ2) is 6.73. The monoisotopic (exact) mass is 257 g/mol. The van der Waals surface area contributed by atoms with E-state index in [9.17, 15) is 9.59 Å². The van der Waals surface area contributed by atoms with Crippen LogP contribution in [0.1, 0.15) is 46.0 Å². The Balaban J connectivity index is 2.48. The molecule has 1 amide bonds. The maximum atomic E-state index is 12.1. The molecule has 0 radical (unpaired) electrons. The van der Waals surface area contributed by atoms with Gasteiger partial charge >= 0.3 is 5.97 Å². The second-order valence-electron chi connectivity index (χ2n) is 4.92. The molecule has 0 saturated heterocycles. The van der Waals surface area contributed by atoms with E-state index in [4.69, 9.17) is 9.84 Å².